The van der Waals surface area contributed by atoms with E-state index >= 15 is 0 Å². The van der Waals surface area contributed by atoms with Gasteiger partial charge in [-0.3, -0.25) is 0 Å². The second-order valence-electron chi connectivity index (χ2n) is 8.64. The number of rotatable bonds is 6. The van der Waals surface area contributed by atoms with Gasteiger partial charge in [0, 0.05) is 13.5 Å². The van der Waals surface area contributed by atoms with Crippen LogP contribution >= 0.6 is 0 Å². The van der Waals surface area contributed by atoms with Crippen LogP contribution in [-0.4, -0.2) is 106 Å². The van der Waals surface area contributed by atoms with Crippen molar-refractivity contribution in [3.63, 3.8) is 0 Å². The van der Waals surface area contributed by atoms with Gasteiger partial charge in [-0.2, -0.15) is 0 Å². The number of methoxy groups -OCH3 is 1. The highest BCUT2D eigenvalue weighted by atomic mass is 16.5. The lowest BCUT2D eigenvalue weighted by Crippen LogP contribution is -2.53. The van der Waals surface area contributed by atoms with Crippen LogP contribution in [0.4, 0.5) is 0 Å². The van der Waals surface area contributed by atoms with Crippen LogP contribution in [0.1, 0.15) is 44.9 Å². The van der Waals surface area contributed by atoms with Crippen molar-refractivity contribution in [2.75, 3.05) is 26.9 Å². The first kappa shape index (κ1) is 26.6. The van der Waals surface area contributed by atoms with Crippen LogP contribution in [0.15, 0.2) is 12.2 Å². The maximum absolute atomic E-state index is 10.2. The lowest BCUT2D eigenvalue weighted by molar-refractivity contribution is -0.195. The molecule has 2 heterocycles. The number of ether oxygens (including phenoxy) is 3. The minimum absolute atomic E-state index is 0.0184. The van der Waals surface area contributed by atoms with Gasteiger partial charge in [0.2, 0.25) is 0 Å². The fourth-order valence-electron chi connectivity index (χ4n) is 4.33. The van der Waals surface area contributed by atoms with E-state index < -0.39 is 30.5 Å². The van der Waals surface area contributed by atoms with E-state index in [0.29, 0.717) is 18.8 Å². The highest BCUT2D eigenvalue weighted by Crippen LogP contribution is 2.27. The molecule has 182 valence electrons. The summed E-state index contributed by atoms with van der Waals surface area (Å²) in [6.07, 6.45) is 6.62. The summed E-state index contributed by atoms with van der Waals surface area (Å²) >= 11 is 0. The molecule has 6 N–H and O–H groups in total. The van der Waals surface area contributed by atoms with Crippen molar-refractivity contribution in [3.8, 4) is 0 Å². The Hall–Kier alpha value is -0.620. The molecule has 0 amide bonds. The van der Waals surface area contributed by atoms with Crippen LogP contribution in [-0.2, 0) is 14.2 Å². The van der Waals surface area contributed by atoms with E-state index in [1.807, 2.05) is 0 Å². The van der Waals surface area contributed by atoms with Crippen molar-refractivity contribution in [2.24, 2.45) is 5.92 Å². The summed E-state index contributed by atoms with van der Waals surface area (Å²) in [4.78, 5) is 0. The van der Waals surface area contributed by atoms with Gasteiger partial charge in [0.1, 0.15) is 30.5 Å². The Kier molecular flexibility index (Phi) is 11.9. The Bertz CT molecular complexity index is 509. The molecule has 2 saturated heterocycles. The average Bonchev–Trinajstić information content (AvgIpc) is 2.80. The van der Waals surface area contributed by atoms with Crippen molar-refractivity contribution in [2.45, 2.75) is 93.8 Å². The molecule has 0 bridgehead atoms. The molecule has 8 atom stereocenters. The summed E-state index contributed by atoms with van der Waals surface area (Å²) in [5.41, 5.74) is 0. The number of hydrogen-bond donors (Lipinski definition) is 6. The Morgan fingerprint density at radius 1 is 0.903 bits per heavy atom. The zero-order chi connectivity index (χ0) is 22.8. The molecule has 3 rings (SSSR count). The maximum atomic E-state index is 10.2. The first-order valence-corrected chi connectivity index (χ1v) is 11.3. The van der Waals surface area contributed by atoms with E-state index in [4.69, 9.17) is 34.6 Å². The zero-order valence-electron chi connectivity index (χ0n) is 18.3. The van der Waals surface area contributed by atoms with Crippen molar-refractivity contribution >= 4 is 0 Å². The molecule has 0 aromatic carbocycles. The molecule has 1 aliphatic carbocycles. The molecule has 3 aliphatic rings. The van der Waals surface area contributed by atoms with Gasteiger partial charge in [0.15, 0.2) is 0 Å². The summed E-state index contributed by atoms with van der Waals surface area (Å²) in [6.45, 7) is -0.427. The minimum Gasteiger partial charge on any atom is -0.394 e. The van der Waals surface area contributed by atoms with Gasteiger partial charge >= 0.3 is 0 Å². The second kappa shape index (κ2) is 13.8. The van der Waals surface area contributed by atoms with Gasteiger partial charge < -0.3 is 44.8 Å². The normalized spacial score (nSPS) is 39.8. The molecule has 0 aromatic heterocycles. The molecule has 9 nitrogen and oxygen atoms in total. The molecular weight excluding hydrogens is 408 g/mol. The van der Waals surface area contributed by atoms with E-state index in [1.165, 1.54) is 32.1 Å². The Morgan fingerprint density at radius 2 is 1.61 bits per heavy atom. The van der Waals surface area contributed by atoms with E-state index in [1.54, 1.807) is 7.11 Å². The van der Waals surface area contributed by atoms with Gasteiger partial charge in [-0.25, -0.2) is 0 Å². The largest absolute Gasteiger partial charge is 0.394 e. The van der Waals surface area contributed by atoms with Crippen LogP contribution < -0.4 is 0 Å². The van der Waals surface area contributed by atoms with Crippen molar-refractivity contribution < 1.29 is 44.8 Å². The molecule has 1 saturated carbocycles. The molecule has 0 spiro atoms. The molecule has 0 aromatic rings. The predicted molar refractivity (Wildman–Crippen MR) is 112 cm³/mol. The van der Waals surface area contributed by atoms with Gasteiger partial charge in [-0.1, -0.05) is 31.4 Å². The maximum Gasteiger partial charge on any atom is 0.111 e. The fraction of sp³-hybridized carbons (Fsp3) is 0.909. The SMILES string of the molecule is COC1CC(CO)O[C@H](C/C=C/C2CCCCC2)C1O.OCC1OCC(O)C(O)[C@@H]1O. The summed E-state index contributed by atoms with van der Waals surface area (Å²) in [5.74, 6) is 0.691. The molecule has 2 aliphatic heterocycles. The Balaban J connectivity index is 0.000000262. The Morgan fingerprint density at radius 3 is 2.23 bits per heavy atom. The quantitative estimate of drug-likeness (QED) is 0.296. The number of hydrogen-bond acceptors (Lipinski definition) is 9. The summed E-state index contributed by atoms with van der Waals surface area (Å²) in [5, 5.41) is 55.2. The predicted octanol–water partition coefficient (Wildman–Crippen LogP) is -0.501. The van der Waals surface area contributed by atoms with Crippen LogP contribution in [0.3, 0.4) is 0 Å². The van der Waals surface area contributed by atoms with E-state index in [-0.39, 0.29) is 38.1 Å². The van der Waals surface area contributed by atoms with Crippen molar-refractivity contribution in [1.82, 2.24) is 0 Å². The van der Waals surface area contributed by atoms with Crippen molar-refractivity contribution in [1.29, 1.82) is 0 Å². The third-order valence-corrected chi connectivity index (χ3v) is 6.34. The molecule has 9 heteroatoms. The number of aliphatic hydroxyl groups excluding tert-OH is 6. The van der Waals surface area contributed by atoms with Gasteiger partial charge in [-0.05, 0) is 25.2 Å². The summed E-state index contributed by atoms with van der Waals surface area (Å²) < 4.78 is 15.8. The lowest BCUT2D eigenvalue weighted by Gasteiger charge is -2.38. The Labute approximate surface area is 184 Å². The monoisotopic (exact) mass is 448 g/mol. The first-order chi connectivity index (χ1) is 14.9. The summed E-state index contributed by atoms with van der Waals surface area (Å²) in [6, 6.07) is 0. The highest BCUT2D eigenvalue weighted by molar-refractivity contribution is 4.95. The highest BCUT2D eigenvalue weighted by Gasteiger charge is 2.37. The standard InChI is InChI=1S/C16H28O4.C6H12O5/c1-19-15-10-13(11-17)20-14(16(15)18)9-5-8-12-6-3-2-4-7-12;7-1-4-6(10)5(9)3(8)2-11-4/h5,8,12-18H,2-4,6-7,9-11H2,1H3;3-10H,1-2H2/b8-5+;/t13?,14-,15?,16?;3?,4?,5?,6-/m11/s1. The third kappa shape index (κ3) is 8.03. The molecular formula is C22H40O9. The lowest BCUT2D eigenvalue weighted by atomic mass is 9.88. The first-order valence-electron chi connectivity index (χ1n) is 11.3. The molecule has 31 heavy (non-hydrogen) atoms. The van der Waals surface area contributed by atoms with Crippen LogP contribution in [0.25, 0.3) is 0 Å². The summed E-state index contributed by atoms with van der Waals surface area (Å²) in [7, 11) is 1.60. The van der Waals surface area contributed by atoms with Crippen LogP contribution in [0.2, 0.25) is 0 Å². The third-order valence-electron chi connectivity index (χ3n) is 6.34. The van der Waals surface area contributed by atoms with Crippen LogP contribution in [0.5, 0.6) is 0 Å². The zero-order valence-corrected chi connectivity index (χ0v) is 18.3. The van der Waals surface area contributed by atoms with E-state index in [9.17, 15) is 10.2 Å². The average molecular weight is 449 g/mol. The van der Waals surface area contributed by atoms with E-state index in [0.717, 1.165) is 0 Å². The molecule has 0 radical (unpaired) electrons. The number of allylic oxidation sites excluding steroid dienone is 1. The van der Waals surface area contributed by atoms with Crippen LogP contribution in [0, 0.1) is 5.92 Å². The second-order valence-corrected chi connectivity index (χ2v) is 8.64. The molecule has 6 unspecified atom stereocenters. The minimum atomic E-state index is -1.22. The number of aliphatic hydroxyl groups is 6. The van der Waals surface area contributed by atoms with Crippen molar-refractivity contribution in [3.05, 3.63) is 12.2 Å². The van der Waals surface area contributed by atoms with Gasteiger partial charge in [0.05, 0.1) is 38.1 Å². The molecule has 3 fully saturated rings. The fourth-order valence-corrected chi connectivity index (χ4v) is 4.33. The van der Waals surface area contributed by atoms with Gasteiger partial charge in [-0.15, -0.1) is 0 Å². The topological polar surface area (TPSA) is 149 Å². The van der Waals surface area contributed by atoms with Gasteiger partial charge in [0.25, 0.3) is 0 Å². The smallest absolute Gasteiger partial charge is 0.111 e. The van der Waals surface area contributed by atoms with E-state index in [2.05, 4.69) is 12.2 Å².